The number of amides is 1. The monoisotopic (exact) mass is 543 g/mol. The van der Waals surface area contributed by atoms with Crippen LogP contribution >= 0.6 is 0 Å². The lowest BCUT2D eigenvalue weighted by molar-refractivity contribution is 0.0529. The molecule has 2 saturated heterocycles. The molecule has 1 aromatic heterocycles. The number of hydrogen-bond donors (Lipinski definition) is 3. The van der Waals surface area contributed by atoms with Gasteiger partial charge in [0.15, 0.2) is 0 Å². The van der Waals surface area contributed by atoms with Gasteiger partial charge in [-0.25, -0.2) is 13.4 Å². The number of carbonyl (C=O) groups is 1. The number of benzene rings is 1. The maximum absolute atomic E-state index is 13.5. The Morgan fingerprint density at radius 1 is 1.08 bits per heavy atom. The highest BCUT2D eigenvalue weighted by Gasteiger charge is 2.44. The van der Waals surface area contributed by atoms with E-state index >= 15 is 0 Å². The molecule has 3 N–H and O–H groups in total. The van der Waals surface area contributed by atoms with Crippen LogP contribution in [0.5, 0.6) is 0 Å². The van der Waals surface area contributed by atoms with Crippen molar-refractivity contribution in [3.63, 3.8) is 0 Å². The third-order valence-electron chi connectivity index (χ3n) is 7.72. The van der Waals surface area contributed by atoms with E-state index in [4.69, 9.17) is 9.84 Å². The maximum atomic E-state index is 13.5. The number of aliphatic hydroxyl groups excluding tert-OH is 1. The Morgan fingerprint density at radius 3 is 2.53 bits per heavy atom. The number of rotatable bonds is 8. The Morgan fingerprint density at radius 2 is 1.84 bits per heavy atom. The van der Waals surface area contributed by atoms with Crippen LogP contribution in [0.3, 0.4) is 0 Å². The molecule has 3 aliphatic rings. The number of sulfonamides is 1. The Labute approximate surface area is 224 Å². The zero-order valence-electron chi connectivity index (χ0n) is 22.1. The summed E-state index contributed by atoms with van der Waals surface area (Å²) in [5.41, 5.74) is 3.37. The molecule has 2 aliphatic heterocycles. The maximum Gasteiger partial charge on any atom is 0.255 e. The Kier molecular flexibility index (Phi) is 7.52. The van der Waals surface area contributed by atoms with Gasteiger partial charge in [0.2, 0.25) is 10.0 Å². The first-order valence-corrected chi connectivity index (χ1v) is 15.0. The van der Waals surface area contributed by atoms with Crippen molar-refractivity contribution in [3.05, 3.63) is 41.6 Å². The van der Waals surface area contributed by atoms with Crippen molar-refractivity contribution in [2.24, 2.45) is 5.41 Å². The second kappa shape index (κ2) is 10.7. The van der Waals surface area contributed by atoms with Gasteiger partial charge in [-0.3, -0.25) is 9.52 Å². The van der Waals surface area contributed by atoms with E-state index in [1.54, 1.807) is 12.1 Å². The third kappa shape index (κ3) is 6.39. The summed E-state index contributed by atoms with van der Waals surface area (Å²) in [6.45, 7) is 7.25. The number of ether oxygens (including phenoxy) is 1. The standard InChI is InChI=1S/C27H37N5O5S/c1-19-13-22(17-25(28-19)32-9-11-37-20(2)18-32)29-26(34)21-14-23(30-38(35,36)12-10-33)16-24(15-21)31-7-5-27(3-4-27)6-8-31/h13-17,20,30,33H,3-12,18H2,1-2H3,(H,28,29,34)/t20-/m1/s1. The summed E-state index contributed by atoms with van der Waals surface area (Å²) in [5, 5.41) is 12.1. The van der Waals surface area contributed by atoms with Gasteiger partial charge in [-0.05, 0) is 69.2 Å². The molecular formula is C27H37N5O5S. The van der Waals surface area contributed by atoms with Crippen molar-refractivity contribution in [2.45, 2.75) is 45.6 Å². The molecule has 1 aliphatic carbocycles. The number of nitrogens with zero attached hydrogens (tertiary/aromatic N) is 3. The first kappa shape index (κ1) is 26.7. The summed E-state index contributed by atoms with van der Waals surface area (Å²) in [5.74, 6) is 0.0329. The molecule has 0 radical (unpaired) electrons. The van der Waals surface area contributed by atoms with Gasteiger partial charge in [-0.15, -0.1) is 0 Å². The van der Waals surface area contributed by atoms with E-state index in [1.807, 2.05) is 32.0 Å². The van der Waals surface area contributed by atoms with Crippen molar-refractivity contribution in [1.29, 1.82) is 0 Å². The third-order valence-corrected chi connectivity index (χ3v) is 8.99. The largest absolute Gasteiger partial charge is 0.395 e. The summed E-state index contributed by atoms with van der Waals surface area (Å²) in [6, 6.07) is 8.81. The average molecular weight is 544 g/mol. The van der Waals surface area contributed by atoms with E-state index in [-0.39, 0.29) is 12.0 Å². The zero-order valence-corrected chi connectivity index (χ0v) is 22.9. The number of aryl methyl sites for hydroxylation is 1. The van der Waals surface area contributed by atoms with E-state index in [1.165, 1.54) is 12.8 Å². The Hall–Kier alpha value is -2.89. The predicted molar refractivity (Wildman–Crippen MR) is 149 cm³/mol. The minimum atomic E-state index is -3.74. The van der Waals surface area contributed by atoms with Gasteiger partial charge in [0.25, 0.3) is 5.91 Å². The van der Waals surface area contributed by atoms with E-state index < -0.39 is 22.4 Å². The van der Waals surface area contributed by atoms with Crippen molar-refractivity contribution >= 4 is 38.8 Å². The summed E-state index contributed by atoms with van der Waals surface area (Å²) in [6.07, 6.45) is 4.88. The molecule has 1 aromatic carbocycles. The first-order chi connectivity index (χ1) is 18.1. The molecule has 1 saturated carbocycles. The molecule has 10 nitrogen and oxygen atoms in total. The van der Waals surface area contributed by atoms with Crippen LogP contribution < -0.4 is 19.8 Å². The van der Waals surface area contributed by atoms with Gasteiger partial charge in [0, 0.05) is 54.9 Å². The van der Waals surface area contributed by atoms with Gasteiger partial charge in [-0.2, -0.15) is 0 Å². The number of anilines is 4. The van der Waals surface area contributed by atoms with Crippen LogP contribution in [0, 0.1) is 12.3 Å². The quantitative estimate of drug-likeness (QED) is 0.464. The minimum absolute atomic E-state index is 0.101. The molecule has 0 bridgehead atoms. The lowest BCUT2D eigenvalue weighted by atomic mass is 9.93. The Bertz CT molecular complexity index is 1290. The smallest absolute Gasteiger partial charge is 0.255 e. The molecule has 1 atom stereocenters. The van der Waals surface area contributed by atoms with Gasteiger partial charge in [-0.1, -0.05) is 0 Å². The fourth-order valence-corrected chi connectivity index (χ4v) is 6.18. The summed E-state index contributed by atoms with van der Waals surface area (Å²) >= 11 is 0. The number of hydrogen-bond acceptors (Lipinski definition) is 8. The van der Waals surface area contributed by atoms with Crippen LogP contribution in [0.25, 0.3) is 0 Å². The molecule has 206 valence electrons. The van der Waals surface area contributed by atoms with Gasteiger partial charge < -0.3 is 25.0 Å². The van der Waals surface area contributed by atoms with E-state index in [9.17, 15) is 13.2 Å². The molecule has 11 heteroatoms. The molecule has 0 unspecified atom stereocenters. The zero-order chi connectivity index (χ0) is 26.9. The normalized spacial score (nSPS) is 20.9. The van der Waals surface area contributed by atoms with Crippen molar-refractivity contribution in [3.8, 4) is 0 Å². The van der Waals surface area contributed by atoms with Crippen molar-refractivity contribution in [2.75, 3.05) is 65.0 Å². The summed E-state index contributed by atoms with van der Waals surface area (Å²) in [7, 11) is -3.74. The number of aromatic nitrogens is 1. The van der Waals surface area contributed by atoms with E-state index in [2.05, 4.69) is 24.8 Å². The molecule has 1 amide bonds. The summed E-state index contributed by atoms with van der Waals surface area (Å²) < 4.78 is 33.0. The molecule has 38 heavy (non-hydrogen) atoms. The second-order valence-electron chi connectivity index (χ2n) is 10.8. The Balaban J connectivity index is 1.39. The SMILES string of the molecule is Cc1cc(NC(=O)c2cc(NS(=O)(=O)CCO)cc(N3CCC4(CC3)CC4)c2)cc(N2CCO[C@H](C)C2)n1. The lowest BCUT2D eigenvalue weighted by Gasteiger charge is -2.34. The van der Waals surface area contributed by atoms with Crippen LogP contribution in [-0.2, 0) is 14.8 Å². The average Bonchev–Trinajstić information content (AvgIpc) is 3.62. The van der Waals surface area contributed by atoms with Gasteiger partial charge in [0.1, 0.15) is 5.82 Å². The highest BCUT2D eigenvalue weighted by molar-refractivity contribution is 7.92. The first-order valence-electron chi connectivity index (χ1n) is 13.3. The summed E-state index contributed by atoms with van der Waals surface area (Å²) in [4.78, 5) is 22.5. The lowest BCUT2D eigenvalue weighted by Crippen LogP contribution is -2.41. The fraction of sp³-hybridized carbons (Fsp3) is 0.556. The molecular weight excluding hydrogens is 506 g/mol. The highest BCUT2D eigenvalue weighted by atomic mass is 32.2. The number of aliphatic hydroxyl groups is 1. The van der Waals surface area contributed by atoms with Crippen LogP contribution in [-0.4, -0.2) is 75.7 Å². The second-order valence-corrected chi connectivity index (χ2v) is 12.7. The van der Waals surface area contributed by atoms with E-state index in [0.717, 1.165) is 56.2 Å². The van der Waals surface area contributed by atoms with Crippen molar-refractivity contribution < 1.29 is 23.1 Å². The molecule has 5 rings (SSSR count). The molecule has 3 fully saturated rings. The molecule has 3 heterocycles. The van der Waals surface area contributed by atoms with Crippen molar-refractivity contribution in [1.82, 2.24) is 4.98 Å². The van der Waals surface area contributed by atoms with Crippen LogP contribution in [0.15, 0.2) is 30.3 Å². The van der Waals surface area contributed by atoms with E-state index in [0.29, 0.717) is 29.0 Å². The van der Waals surface area contributed by atoms with Gasteiger partial charge in [0.05, 0.1) is 30.8 Å². The van der Waals surface area contributed by atoms with Crippen LogP contribution in [0.4, 0.5) is 22.9 Å². The topological polar surface area (TPSA) is 124 Å². The number of pyridine rings is 1. The highest BCUT2D eigenvalue weighted by Crippen LogP contribution is 2.54. The molecule has 2 aromatic rings. The number of nitrogens with one attached hydrogen (secondary N) is 2. The van der Waals surface area contributed by atoms with Gasteiger partial charge >= 0.3 is 0 Å². The fourth-order valence-electron chi connectivity index (χ4n) is 5.37. The predicted octanol–water partition coefficient (Wildman–Crippen LogP) is 2.98. The minimum Gasteiger partial charge on any atom is -0.395 e. The van der Waals surface area contributed by atoms with Crippen LogP contribution in [0.2, 0.25) is 0 Å². The molecule has 1 spiro atoms. The number of carbonyl (C=O) groups excluding carboxylic acids is 1. The number of piperidine rings is 1. The number of morpholine rings is 1. The van der Waals surface area contributed by atoms with Crippen LogP contribution in [0.1, 0.15) is 48.7 Å².